The summed E-state index contributed by atoms with van der Waals surface area (Å²) in [6.45, 7) is 7.03. The van der Waals surface area contributed by atoms with Gasteiger partial charge >= 0.3 is 6.09 Å². The van der Waals surface area contributed by atoms with Crippen molar-refractivity contribution in [2.75, 3.05) is 36.6 Å². The standard InChI is InChI=1S/C20H23N5O3S/c1-3-27-10-8-24-12-17(14(2)23-24)21-19-22-18(13-29-19)15-4-6-16(7-5-15)25-9-11-28-20(25)26/h4-7,12-13H,3,8-11H2,1-2H3,(H,21,22). The number of carbonyl (C=O) groups is 1. The smallest absolute Gasteiger partial charge is 0.414 e. The fourth-order valence-corrected chi connectivity index (χ4v) is 3.81. The van der Waals surface area contributed by atoms with Crippen molar-refractivity contribution in [3.05, 3.63) is 41.5 Å². The van der Waals surface area contributed by atoms with Crippen LogP contribution in [0.1, 0.15) is 12.6 Å². The molecule has 8 nitrogen and oxygen atoms in total. The predicted molar refractivity (Wildman–Crippen MR) is 113 cm³/mol. The van der Waals surface area contributed by atoms with Gasteiger partial charge in [-0.15, -0.1) is 11.3 Å². The van der Waals surface area contributed by atoms with Gasteiger partial charge in [-0.3, -0.25) is 9.58 Å². The number of ether oxygens (including phenoxy) is 2. The summed E-state index contributed by atoms with van der Waals surface area (Å²) >= 11 is 1.54. The number of nitrogens with zero attached hydrogens (tertiary/aromatic N) is 4. The number of thiazole rings is 1. The topological polar surface area (TPSA) is 81.5 Å². The second-order valence-electron chi connectivity index (χ2n) is 6.56. The van der Waals surface area contributed by atoms with Gasteiger partial charge < -0.3 is 14.8 Å². The fraction of sp³-hybridized carbons (Fsp3) is 0.350. The van der Waals surface area contributed by atoms with E-state index in [9.17, 15) is 4.79 Å². The van der Waals surface area contributed by atoms with Crippen molar-refractivity contribution in [3.8, 4) is 11.3 Å². The molecule has 3 heterocycles. The van der Waals surface area contributed by atoms with Gasteiger partial charge in [-0.25, -0.2) is 9.78 Å². The molecule has 1 saturated heterocycles. The van der Waals surface area contributed by atoms with Crippen LogP contribution < -0.4 is 10.2 Å². The molecular formula is C20H23N5O3S. The number of hydrogen-bond acceptors (Lipinski definition) is 7. The maximum atomic E-state index is 11.7. The van der Waals surface area contributed by atoms with Gasteiger partial charge in [-0.1, -0.05) is 12.1 Å². The molecule has 9 heteroatoms. The zero-order valence-electron chi connectivity index (χ0n) is 16.4. The van der Waals surface area contributed by atoms with E-state index in [0.29, 0.717) is 26.4 Å². The number of hydrogen-bond donors (Lipinski definition) is 1. The lowest BCUT2D eigenvalue weighted by Gasteiger charge is -2.12. The molecule has 0 saturated carbocycles. The Kier molecular flexibility index (Phi) is 5.77. The zero-order chi connectivity index (χ0) is 20.2. The van der Waals surface area contributed by atoms with Crippen LogP contribution >= 0.6 is 11.3 Å². The summed E-state index contributed by atoms with van der Waals surface area (Å²) in [5.74, 6) is 0. The third-order valence-electron chi connectivity index (χ3n) is 4.60. The van der Waals surface area contributed by atoms with Gasteiger partial charge in [0, 0.05) is 29.4 Å². The van der Waals surface area contributed by atoms with Crippen LogP contribution in [0.25, 0.3) is 11.3 Å². The Labute approximate surface area is 173 Å². The molecule has 1 fully saturated rings. The molecular weight excluding hydrogens is 390 g/mol. The summed E-state index contributed by atoms with van der Waals surface area (Å²) in [6, 6.07) is 7.77. The number of nitrogens with one attached hydrogen (secondary N) is 1. The van der Waals surface area contributed by atoms with Gasteiger partial charge in [-0.05, 0) is 26.0 Å². The van der Waals surface area contributed by atoms with Crippen molar-refractivity contribution in [2.45, 2.75) is 20.4 Å². The largest absolute Gasteiger partial charge is 0.447 e. The number of rotatable bonds is 8. The maximum Gasteiger partial charge on any atom is 0.414 e. The van der Waals surface area contributed by atoms with Gasteiger partial charge in [0.2, 0.25) is 0 Å². The second-order valence-corrected chi connectivity index (χ2v) is 7.42. The maximum absolute atomic E-state index is 11.7. The molecule has 0 unspecified atom stereocenters. The zero-order valence-corrected chi connectivity index (χ0v) is 17.2. The first-order chi connectivity index (χ1) is 14.1. The monoisotopic (exact) mass is 413 g/mol. The molecule has 152 valence electrons. The highest BCUT2D eigenvalue weighted by Gasteiger charge is 2.23. The highest BCUT2D eigenvalue weighted by Crippen LogP contribution is 2.29. The first-order valence-electron chi connectivity index (χ1n) is 9.53. The summed E-state index contributed by atoms with van der Waals surface area (Å²) in [6.07, 6.45) is 1.68. The van der Waals surface area contributed by atoms with Crippen molar-refractivity contribution in [3.63, 3.8) is 0 Å². The van der Waals surface area contributed by atoms with Crippen LogP contribution in [0.15, 0.2) is 35.8 Å². The van der Waals surface area contributed by atoms with Crippen LogP contribution in [0.4, 0.5) is 21.3 Å². The molecule has 3 aromatic rings. The van der Waals surface area contributed by atoms with Gasteiger partial charge in [0.1, 0.15) is 6.61 Å². The van der Waals surface area contributed by atoms with E-state index in [1.165, 1.54) is 0 Å². The van der Waals surface area contributed by atoms with E-state index in [0.717, 1.165) is 40.0 Å². The van der Waals surface area contributed by atoms with E-state index in [4.69, 9.17) is 9.47 Å². The molecule has 29 heavy (non-hydrogen) atoms. The molecule has 1 amide bonds. The number of amides is 1. The third-order valence-corrected chi connectivity index (χ3v) is 5.35. The quantitative estimate of drug-likeness (QED) is 0.561. The van der Waals surface area contributed by atoms with E-state index < -0.39 is 0 Å². The van der Waals surface area contributed by atoms with E-state index in [-0.39, 0.29) is 6.09 Å². The van der Waals surface area contributed by atoms with Crippen LogP contribution in [0.5, 0.6) is 0 Å². The summed E-state index contributed by atoms with van der Waals surface area (Å²) in [4.78, 5) is 18.0. The predicted octanol–water partition coefficient (Wildman–Crippen LogP) is 4.05. The molecule has 0 aliphatic carbocycles. The minimum absolute atomic E-state index is 0.296. The van der Waals surface area contributed by atoms with Crippen LogP contribution in [0.3, 0.4) is 0 Å². The first kappa shape index (κ1) is 19.4. The number of carbonyl (C=O) groups excluding carboxylic acids is 1. The second kappa shape index (κ2) is 8.62. The van der Waals surface area contributed by atoms with E-state index in [1.807, 2.05) is 54.4 Å². The lowest BCUT2D eigenvalue weighted by Crippen LogP contribution is -2.23. The lowest BCUT2D eigenvalue weighted by atomic mass is 10.1. The number of anilines is 3. The number of cyclic esters (lactones) is 1. The van der Waals surface area contributed by atoms with E-state index in [2.05, 4.69) is 15.4 Å². The average Bonchev–Trinajstić information content (AvgIpc) is 3.44. The molecule has 2 aromatic heterocycles. The fourth-order valence-electron chi connectivity index (χ4n) is 3.08. The summed E-state index contributed by atoms with van der Waals surface area (Å²) in [7, 11) is 0. The Balaban J connectivity index is 1.43. The van der Waals surface area contributed by atoms with E-state index >= 15 is 0 Å². The Hall–Kier alpha value is -2.91. The molecule has 1 aliphatic heterocycles. The van der Waals surface area contributed by atoms with Gasteiger partial charge in [0.15, 0.2) is 5.13 Å². The van der Waals surface area contributed by atoms with Crippen LogP contribution in [0, 0.1) is 6.92 Å². The number of aryl methyl sites for hydroxylation is 1. The molecule has 4 rings (SSSR count). The van der Waals surface area contributed by atoms with Crippen LogP contribution in [-0.2, 0) is 16.0 Å². The van der Waals surface area contributed by atoms with E-state index in [1.54, 1.807) is 16.2 Å². The Morgan fingerprint density at radius 2 is 2.14 bits per heavy atom. The van der Waals surface area contributed by atoms with Gasteiger partial charge in [0.25, 0.3) is 0 Å². The molecule has 0 spiro atoms. The Morgan fingerprint density at radius 3 is 2.86 bits per heavy atom. The lowest BCUT2D eigenvalue weighted by molar-refractivity contribution is 0.136. The summed E-state index contributed by atoms with van der Waals surface area (Å²) < 4.78 is 12.3. The van der Waals surface area contributed by atoms with Crippen molar-refractivity contribution in [1.29, 1.82) is 0 Å². The normalized spacial score (nSPS) is 13.7. The highest BCUT2D eigenvalue weighted by molar-refractivity contribution is 7.14. The molecule has 0 atom stereocenters. The third kappa shape index (κ3) is 4.41. The minimum atomic E-state index is -0.296. The van der Waals surface area contributed by atoms with Gasteiger partial charge in [-0.2, -0.15) is 5.10 Å². The molecule has 1 aliphatic rings. The highest BCUT2D eigenvalue weighted by atomic mass is 32.1. The molecule has 1 N–H and O–H groups in total. The minimum Gasteiger partial charge on any atom is -0.447 e. The molecule has 0 radical (unpaired) electrons. The number of aromatic nitrogens is 3. The number of benzene rings is 1. The van der Waals surface area contributed by atoms with Gasteiger partial charge in [0.05, 0.1) is 36.8 Å². The van der Waals surface area contributed by atoms with Crippen LogP contribution in [-0.4, -0.2) is 47.2 Å². The van der Waals surface area contributed by atoms with Crippen molar-refractivity contribution in [2.24, 2.45) is 0 Å². The first-order valence-corrected chi connectivity index (χ1v) is 10.4. The van der Waals surface area contributed by atoms with Crippen molar-refractivity contribution in [1.82, 2.24) is 14.8 Å². The molecule has 0 bridgehead atoms. The summed E-state index contributed by atoms with van der Waals surface area (Å²) in [5.41, 5.74) is 4.56. The summed E-state index contributed by atoms with van der Waals surface area (Å²) in [5, 5.41) is 10.7. The average molecular weight is 414 g/mol. The SMILES string of the molecule is CCOCCn1cc(Nc2nc(-c3ccc(N4CCOC4=O)cc3)cs2)c(C)n1. The van der Waals surface area contributed by atoms with Crippen molar-refractivity contribution < 1.29 is 14.3 Å². The Morgan fingerprint density at radius 1 is 1.31 bits per heavy atom. The Bertz CT molecular complexity index is 982. The van der Waals surface area contributed by atoms with Crippen LogP contribution in [0.2, 0.25) is 0 Å². The molecule has 1 aromatic carbocycles. The van der Waals surface area contributed by atoms with Crippen molar-refractivity contribution >= 4 is 33.9 Å².